The Labute approximate surface area is 122 Å². The van der Waals surface area contributed by atoms with Crippen molar-refractivity contribution in [1.29, 1.82) is 0 Å². The summed E-state index contributed by atoms with van der Waals surface area (Å²) in [6, 6.07) is 4.98. The van der Waals surface area contributed by atoms with Crippen molar-refractivity contribution < 1.29 is 14.7 Å². The fraction of sp³-hybridized carbons (Fsp3) is 0.167. The van der Waals surface area contributed by atoms with E-state index in [1.807, 2.05) is 11.4 Å². The van der Waals surface area contributed by atoms with Gasteiger partial charge in [0.15, 0.2) is 0 Å². The van der Waals surface area contributed by atoms with Crippen molar-refractivity contribution in [3.8, 4) is 0 Å². The molecule has 0 saturated heterocycles. The number of nitrogens with one attached hydrogen (secondary N) is 1. The normalized spacial score (nSPS) is 10.4. The summed E-state index contributed by atoms with van der Waals surface area (Å²) in [4.78, 5) is 23.7. The molecular weight excluding hydrogens is 332 g/mol. The molecule has 0 bridgehead atoms. The van der Waals surface area contributed by atoms with Gasteiger partial charge in [0.25, 0.3) is 0 Å². The van der Waals surface area contributed by atoms with Gasteiger partial charge in [0, 0.05) is 15.5 Å². The molecule has 5 nitrogen and oxygen atoms in total. The summed E-state index contributed by atoms with van der Waals surface area (Å²) >= 11 is 4.93. The molecule has 0 unspecified atom stereocenters. The highest BCUT2D eigenvalue weighted by atomic mass is 79.9. The van der Waals surface area contributed by atoms with E-state index >= 15 is 0 Å². The topological polar surface area (TPSA) is 71.3 Å². The Balaban J connectivity index is 1.93. The SMILES string of the molecule is O=C(Cn1cccc1C(=O)O)NCc1sccc1Br. The van der Waals surface area contributed by atoms with E-state index in [4.69, 9.17) is 5.11 Å². The summed E-state index contributed by atoms with van der Waals surface area (Å²) in [5.41, 5.74) is 0.104. The van der Waals surface area contributed by atoms with E-state index < -0.39 is 5.97 Å². The van der Waals surface area contributed by atoms with Crippen LogP contribution in [0, 0.1) is 0 Å². The maximum absolute atomic E-state index is 11.8. The number of carbonyl (C=O) groups excluding carboxylic acids is 1. The van der Waals surface area contributed by atoms with Crippen LogP contribution in [-0.4, -0.2) is 21.6 Å². The number of carboxylic acid groups (broad SMARTS) is 1. The highest BCUT2D eigenvalue weighted by molar-refractivity contribution is 9.10. The second-order valence-corrected chi connectivity index (χ2v) is 5.65. The lowest BCUT2D eigenvalue weighted by Gasteiger charge is -2.07. The van der Waals surface area contributed by atoms with Crippen LogP contribution in [0.1, 0.15) is 15.4 Å². The average Bonchev–Trinajstić information content (AvgIpc) is 2.95. The number of aromatic carboxylic acids is 1. The third-order valence-corrected chi connectivity index (χ3v) is 4.43. The lowest BCUT2D eigenvalue weighted by Crippen LogP contribution is -2.27. The Morgan fingerprint density at radius 2 is 2.21 bits per heavy atom. The second-order valence-electron chi connectivity index (χ2n) is 3.79. The monoisotopic (exact) mass is 342 g/mol. The van der Waals surface area contributed by atoms with Gasteiger partial charge in [-0.1, -0.05) is 0 Å². The zero-order chi connectivity index (χ0) is 13.8. The molecule has 0 fully saturated rings. The highest BCUT2D eigenvalue weighted by Crippen LogP contribution is 2.22. The van der Waals surface area contributed by atoms with Gasteiger partial charge in [-0.2, -0.15) is 0 Å². The van der Waals surface area contributed by atoms with E-state index in [1.54, 1.807) is 23.6 Å². The molecule has 2 rings (SSSR count). The first-order valence-corrected chi connectivity index (χ1v) is 7.12. The van der Waals surface area contributed by atoms with Crippen LogP contribution in [0.3, 0.4) is 0 Å². The number of aromatic nitrogens is 1. The quantitative estimate of drug-likeness (QED) is 0.875. The lowest BCUT2D eigenvalue weighted by molar-refractivity contribution is -0.121. The van der Waals surface area contributed by atoms with Crippen LogP contribution < -0.4 is 5.32 Å². The van der Waals surface area contributed by atoms with Crippen molar-refractivity contribution in [2.45, 2.75) is 13.1 Å². The minimum Gasteiger partial charge on any atom is -0.477 e. The molecule has 2 aromatic rings. The standard InChI is InChI=1S/C12H11BrN2O3S/c13-8-3-5-19-10(8)6-14-11(16)7-15-4-1-2-9(15)12(17)18/h1-5H,6-7H2,(H,14,16)(H,17,18). The molecule has 0 aromatic carbocycles. The molecule has 0 radical (unpaired) electrons. The number of hydrogen-bond donors (Lipinski definition) is 2. The fourth-order valence-corrected chi connectivity index (χ4v) is 3.02. The molecule has 0 saturated carbocycles. The van der Waals surface area contributed by atoms with Crippen LogP contribution in [0.5, 0.6) is 0 Å². The number of thiophene rings is 1. The van der Waals surface area contributed by atoms with E-state index in [0.717, 1.165) is 9.35 Å². The smallest absolute Gasteiger partial charge is 0.352 e. The maximum atomic E-state index is 11.8. The minimum absolute atomic E-state index is 0.00235. The zero-order valence-electron chi connectivity index (χ0n) is 9.80. The molecule has 100 valence electrons. The van der Waals surface area contributed by atoms with Gasteiger partial charge in [-0.15, -0.1) is 11.3 Å². The van der Waals surface area contributed by atoms with Crippen molar-refractivity contribution in [2.24, 2.45) is 0 Å². The van der Waals surface area contributed by atoms with Gasteiger partial charge in [0.1, 0.15) is 12.2 Å². The lowest BCUT2D eigenvalue weighted by atomic mass is 10.4. The Hall–Kier alpha value is -1.60. The van der Waals surface area contributed by atoms with Gasteiger partial charge in [0.2, 0.25) is 5.91 Å². The first-order chi connectivity index (χ1) is 9.08. The number of nitrogens with zero attached hydrogens (tertiary/aromatic N) is 1. The van der Waals surface area contributed by atoms with E-state index in [1.165, 1.54) is 10.6 Å². The average molecular weight is 343 g/mol. The summed E-state index contributed by atoms with van der Waals surface area (Å²) < 4.78 is 2.37. The van der Waals surface area contributed by atoms with Crippen molar-refractivity contribution in [1.82, 2.24) is 9.88 Å². The van der Waals surface area contributed by atoms with Crippen LogP contribution in [0.2, 0.25) is 0 Å². The van der Waals surface area contributed by atoms with Crippen LogP contribution in [-0.2, 0) is 17.9 Å². The second kappa shape index (κ2) is 6.03. The molecule has 19 heavy (non-hydrogen) atoms. The minimum atomic E-state index is -1.04. The first-order valence-electron chi connectivity index (χ1n) is 5.45. The van der Waals surface area contributed by atoms with E-state index in [-0.39, 0.29) is 18.1 Å². The summed E-state index contributed by atoms with van der Waals surface area (Å²) in [6.07, 6.45) is 1.57. The summed E-state index contributed by atoms with van der Waals surface area (Å²) in [5, 5.41) is 13.6. The number of halogens is 1. The zero-order valence-corrected chi connectivity index (χ0v) is 12.2. The summed E-state index contributed by atoms with van der Waals surface area (Å²) in [7, 11) is 0. The van der Waals surface area contributed by atoms with Crippen LogP contribution in [0.15, 0.2) is 34.2 Å². The van der Waals surface area contributed by atoms with E-state index in [9.17, 15) is 9.59 Å². The molecule has 2 aromatic heterocycles. The third kappa shape index (κ3) is 3.45. The van der Waals surface area contributed by atoms with Crippen LogP contribution >= 0.6 is 27.3 Å². The number of rotatable bonds is 5. The molecule has 7 heteroatoms. The predicted molar refractivity (Wildman–Crippen MR) is 75.3 cm³/mol. The molecule has 0 atom stereocenters. The molecular formula is C12H11BrN2O3S. The van der Waals surface area contributed by atoms with Gasteiger partial charge >= 0.3 is 5.97 Å². The third-order valence-electron chi connectivity index (χ3n) is 2.50. The van der Waals surface area contributed by atoms with Crippen molar-refractivity contribution in [3.05, 3.63) is 44.8 Å². The Bertz CT molecular complexity index is 606. The van der Waals surface area contributed by atoms with Gasteiger partial charge in [-0.05, 0) is 39.5 Å². The van der Waals surface area contributed by atoms with Gasteiger partial charge in [0.05, 0.1) is 6.54 Å². The largest absolute Gasteiger partial charge is 0.477 e. The van der Waals surface area contributed by atoms with E-state index in [0.29, 0.717) is 6.54 Å². The molecule has 0 aliphatic rings. The number of carbonyl (C=O) groups is 2. The van der Waals surface area contributed by atoms with Crippen molar-refractivity contribution in [3.63, 3.8) is 0 Å². The summed E-state index contributed by atoms with van der Waals surface area (Å²) in [6.45, 7) is 0.429. The Morgan fingerprint density at radius 1 is 1.42 bits per heavy atom. The predicted octanol–water partition coefficient (Wildman–Crippen LogP) is 2.33. The molecule has 2 N–H and O–H groups in total. The summed E-state index contributed by atoms with van der Waals surface area (Å²) in [5.74, 6) is -1.27. The first kappa shape index (κ1) is 13.8. The number of amides is 1. The molecule has 0 spiro atoms. The van der Waals surface area contributed by atoms with Crippen molar-refractivity contribution >= 4 is 39.1 Å². The maximum Gasteiger partial charge on any atom is 0.352 e. The van der Waals surface area contributed by atoms with Crippen molar-refractivity contribution in [2.75, 3.05) is 0 Å². The highest BCUT2D eigenvalue weighted by Gasteiger charge is 2.11. The van der Waals surface area contributed by atoms with Gasteiger partial charge in [-0.25, -0.2) is 4.79 Å². The Kier molecular flexibility index (Phi) is 4.39. The number of hydrogen-bond acceptors (Lipinski definition) is 3. The van der Waals surface area contributed by atoms with E-state index in [2.05, 4.69) is 21.2 Å². The van der Waals surface area contributed by atoms with Gasteiger partial charge < -0.3 is 15.0 Å². The number of carboxylic acids is 1. The Morgan fingerprint density at radius 3 is 2.84 bits per heavy atom. The molecule has 2 heterocycles. The van der Waals surface area contributed by atoms with Crippen LogP contribution in [0.25, 0.3) is 0 Å². The molecule has 1 amide bonds. The van der Waals surface area contributed by atoms with Gasteiger partial charge in [-0.3, -0.25) is 4.79 Å². The molecule has 0 aliphatic carbocycles. The molecule has 0 aliphatic heterocycles. The fourth-order valence-electron chi connectivity index (χ4n) is 1.59. The van der Waals surface area contributed by atoms with Crippen LogP contribution in [0.4, 0.5) is 0 Å².